The average molecular weight is 1010 g/mol. The molecule has 16 N–H and O–H groups in total. The number of aromatic amines is 2. The topological polar surface area (TPSA) is 385 Å². The summed E-state index contributed by atoms with van der Waals surface area (Å²) in [6.07, 6.45) is 4.95. The van der Waals surface area contributed by atoms with E-state index in [0.29, 0.717) is 29.7 Å². The van der Waals surface area contributed by atoms with Gasteiger partial charge in [0.05, 0.1) is 6.33 Å². The zero-order valence-electron chi connectivity index (χ0n) is 41.0. The Morgan fingerprint density at radius 2 is 1.47 bits per heavy atom. The van der Waals surface area contributed by atoms with Crippen LogP contribution < -0.4 is 59.7 Å². The predicted molar refractivity (Wildman–Crippen MR) is 269 cm³/mol. The molecule has 5 rings (SSSR count). The van der Waals surface area contributed by atoms with Crippen LogP contribution >= 0.6 is 0 Å². The van der Waals surface area contributed by atoms with Crippen LogP contribution in [-0.2, 0) is 62.4 Å². The lowest BCUT2D eigenvalue weighted by atomic mass is 10.0. The number of nitrogens with one attached hydrogen (secondary N) is 10. The second-order valence-corrected chi connectivity index (χ2v) is 17.8. The van der Waals surface area contributed by atoms with Crippen molar-refractivity contribution in [3.8, 4) is 0 Å². The normalized spacial score (nSPS) is 20.2. The molecule has 1 aliphatic rings. The zero-order chi connectivity index (χ0) is 52.9. The number of unbranched alkanes of at least 4 members (excludes halogenated alkanes) is 1. The molecule has 0 radical (unpaired) electrons. The Labute approximate surface area is 421 Å². The summed E-state index contributed by atoms with van der Waals surface area (Å²) in [7, 11) is 0. The van der Waals surface area contributed by atoms with Crippen molar-refractivity contribution in [1.82, 2.24) is 57.5 Å². The Kier molecular flexibility index (Phi) is 21.3. The van der Waals surface area contributed by atoms with Crippen LogP contribution in [0.25, 0.3) is 10.9 Å². The Balaban J connectivity index is 1.52. The summed E-state index contributed by atoms with van der Waals surface area (Å²) in [6, 6.07) is 6.74. The third-order valence-electron chi connectivity index (χ3n) is 12.1. The number of guanidine groups is 1. The number of carbonyl (C=O) groups excluding carboxylic acids is 9. The third-order valence-corrected chi connectivity index (χ3v) is 12.1. The fourth-order valence-electron chi connectivity index (χ4n) is 8.21. The smallest absolute Gasteiger partial charge is 0.243 e. The van der Waals surface area contributed by atoms with Crippen molar-refractivity contribution in [2.24, 2.45) is 22.2 Å². The highest BCUT2D eigenvalue weighted by atomic mass is 16.2. The lowest BCUT2D eigenvalue weighted by Gasteiger charge is -2.28. The SMILES string of the molecule is CCCC[C@H](NC(C)=O)C(=O)NC1CCC(=O)NCC[C@@H](C(=O)N[C@H](Cc2c[nH]c3ccccc23)C(N)=O)NC(=O)[C@H](CCCN=C(N)N)NC(=O)[C@@H](Cc2ccccc2)NC(=O)[C@H](Cc2cnc[nH]2)NC1=O. The minimum absolute atomic E-state index is 0.0152. The number of amides is 9. The van der Waals surface area contributed by atoms with E-state index in [1.807, 2.05) is 31.2 Å². The number of imidazole rings is 1. The fraction of sp³-hybridized carbons (Fsp3) is 0.449. The number of aromatic nitrogens is 3. The maximum absolute atomic E-state index is 14.6. The quantitative estimate of drug-likeness (QED) is 0.0286. The van der Waals surface area contributed by atoms with E-state index in [2.05, 4.69) is 62.5 Å². The molecule has 24 nitrogen and oxygen atoms in total. The molecule has 3 heterocycles. The number of rotatable bonds is 19. The number of nitrogens with zero attached hydrogens (tertiary/aromatic N) is 2. The molecule has 0 bridgehead atoms. The molecule has 4 aromatic rings. The van der Waals surface area contributed by atoms with Crippen molar-refractivity contribution < 1.29 is 43.2 Å². The predicted octanol–water partition coefficient (Wildman–Crippen LogP) is -1.64. The molecule has 1 aliphatic heterocycles. The summed E-state index contributed by atoms with van der Waals surface area (Å²) in [6.45, 7) is 2.99. The molecule has 1 unspecified atom stereocenters. The second-order valence-electron chi connectivity index (χ2n) is 17.8. The largest absolute Gasteiger partial charge is 0.370 e. The van der Waals surface area contributed by atoms with Crippen LogP contribution in [0.5, 0.6) is 0 Å². The van der Waals surface area contributed by atoms with Gasteiger partial charge in [0.1, 0.15) is 42.3 Å². The molecule has 1 fully saturated rings. The fourth-order valence-corrected chi connectivity index (χ4v) is 8.21. The molecule has 392 valence electrons. The first kappa shape index (κ1) is 55.6. The van der Waals surface area contributed by atoms with Crippen LogP contribution in [0.3, 0.4) is 0 Å². The van der Waals surface area contributed by atoms with Crippen LogP contribution in [0, 0.1) is 0 Å². The molecule has 0 saturated carbocycles. The van der Waals surface area contributed by atoms with Gasteiger partial charge in [-0.3, -0.25) is 48.1 Å². The van der Waals surface area contributed by atoms with Gasteiger partial charge in [-0.1, -0.05) is 68.3 Å². The molecule has 0 aliphatic carbocycles. The zero-order valence-corrected chi connectivity index (χ0v) is 41.0. The summed E-state index contributed by atoms with van der Waals surface area (Å²) < 4.78 is 0. The van der Waals surface area contributed by atoms with Gasteiger partial charge in [-0.15, -0.1) is 0 Å². The lowest BCUT2D eigenvalue weighted by Crippen LogP contribution is -2.60. The highest BCUT2D eigenvalue weighted by Gasteiger charge is 2.35. The first-order valence-corrected chi connectivity index (χ1v) is 24.3. The average Bonchev–Trinajstić information content (AvgIpc) is 4.03. The van der Waals surface area contributed by atoms with E-state index in [1.165, 1.54) is 19.4 Å². The van der Waals surface area contributed by atoms with Gasteiger partial charge >= 0.3 is 0 Å². The standard InChI is InChI=1S/C49H67N15O9/c1-3-4-14-34(58-28(2)65)43(68)60-36-17-18-41(66)54-21-19-37(46(71)62-38(42(50)67)23-30-25-56-33-15-9-8-13-32(30)33)61-44(69)35(16-10-20-55-49(51)52)59-47(72)39(22-29-11-6-5-7-12-29)63-48(73)40(64-45(36)70)24-31-26-53-27-57-31/h5-9,11-13,15,25-27,34-40,56H,3-4,10,14,16-24H2,1-2H3,(H2,50,67)(H,53,57)(H,54,66)(H,58,65)(H,59,72)(H,60,68)(H,61,69)(H,62,71)(H,63,73)(H,64,70)(H4,51,52,55)/t34-,35-,36?,37-,38+,39+,40-/m0/s1. The van der Waals surface area contributed by atoms with Crippen molar-refractivity contribution in [3.63, 3.8) is 0 Å². The molecule has 7 atom stereocenters. The first-order valence-electron chi connectivity index (χ1n) is 24.3. The maximum Gasteiger partial charge on any atom is 0.243 e. The molecule has 1 saturated heterocycles. The van der Waals surface area contributed by atoms with Crippen LogP contribution in [0.15, 0.2) is 78.3 Å². The van der Waals surface area contributed by atoms with E-state index in [4.69, 9.17) is 17.2 Å². The molecule has 24 heteroatoms. The van der Waals surface area contributed by atoms with Crippen molar-refractivity contribution in [1.29, 1.82) is 0 Å². The van der Waals surface area contributed by atoms with Gasteiger partial charge < -0.3 is 69.7 Å². The Hall–Kier alpha value is -8.31. The molecule has 9 amide bonds. The Bertz CT molecular complexity index is 2560. The Morgan fingerprint density at radius 1 is 0.781 bits per heavy atom. The number of aliphatic imine (C=N–C) groups is 1. The van der Waals surface area contributed by atoms with E-state index in [1.54, 1.807) is 36.5 Å². The summed E-state index contributed by atoms with van der Waals surface area (Å²) in [4.78, 5) is 138. The minimum atomic E-state index is -1.44. The van der Waals surface area contributed by atoms with E-state index in [-0.39, 0.29) is 76.8 Å². The van der Waals surface area contributed by atoms with Crippen molar-refractivity contribution >= 4 is 70.0 Å². The van der Waals surface area contributed by atoms with Crippen LogP contribution in [0.4, 0.5) is 0 Å². The molecule has 73 heavy (non-hydrogen) atoms. The number of hydrogen-bond donors (Lipinski definition) is 13. The highest BCUT2D eigenvalue weighted by Crippen LogP contribution is 2.19. The molecule has 0 spiro atoms. The van der Waals surface area contributed by atoms with Gasteiger partial charge in [0.25, 0.3) is 0 Å². The lowest BCUT2D eigenvalue weighted by molar-refractivity contribution is -0.135. The summed E-state index contributed by atoms with van der Waals surface area (Å²) >= 11 is 0. The first-order chi connectivity index (χ1) is 35.0. The van der Waals surface area contributed by atoms with Crippen LogP contribution in [0.1, 0.15) is 82.0 Å². The number of hydrogen-bond acceptors (Lipinski definition) is 11. The van der Waals surface area contributed by atoms with Gasteiger partial charge in [0.15, 0.2) is 5.96 Å². The van der Waals surface area contributed by atoms with Gasteiger partial charge in [-0.25, -0.2) is 4.98 Å². The highest BCUT2D eigenvalue weighted by molar-refractivity contribution is 5.98. The molecular formula is C49H67N15O9. The van der Waals surface area contributed by atoms with Crippen LogP contribution in [0.2, 0.25) is 0 Å². The van der Waals surface area contributed by atoms with Crippen molar-refractivity contribution in [2.45, 2.75) is 127 Å². The number of primary amides is 1. The van der Waals surface area contributed by atoms with Crippen molar-refractivity contribution in [3.05, 3.63) is 90.1 Å². The molecule has 2 aromatic heterocycles. The summed E-state index contributed by atoms with van der Waals surface area (Å²) in [5, 5.41) is 22.3. The molecule has 2 aromatic carbocycles. The summed E-state index contributed by atoms with van der Waals surface area (Å²) in [5.74, 6) is -7.04. The third kappa shape index (κ3) is 17.8. The Morgan fingerprint density at radius 3 is 2.15 bits per heavy atom. The van der Waals surface area contributed by atoms with E-state index >= 15 is 0 Å². The number of nitrogens with two attached hydrogens (primary N) is 3. The molecular weight excluding hydrogens is 943 g/mol. The number of H-pyrrole nitrogens is 2. The number of fused-ring (bicyclic) bond motifs is 1. The van der Waals surface area contributed by atoms with E-state index < -0.39 is 95.5 Å². The number of benzene rings is 2. The number of para-hydroxylation sites is 1. The van der Waals surface area contributed by atoms with Crippen LogP contribution in [-0.4, -0.2) is 129 Å². The minimum Gasteiger partial charge on any atom is -0.370 e. The summed E-state index contributed by atoms with van der Waals surface area (Å²) in [5.41, 5.74) is 19.4. The van der Waals surface area contributed by atoms with Crippen molar-refractivity contribution in [2.75, 3.05) is 13.1 Å². The van der Waals surface area contributed by atoms with Gasteiger partial charge in [0, 0.05) is 74.7 Å². The maximum atomic E-state index is 14.6. The van der Waals surface area contributed by atoms with Gasteiger partial charge in [-0.05, 0) is 49.3 Å². The van der Waals surface area contributed by atoms with E-state index in [9.17, 15) is 43.2 Å². The van der Waals surface area contributed by atoms with Gasteiger partial charge in [0.2, 0.25) is 53.2 Å². The van der Waals surface area contributed by atoms with E-state index in [0.717, 1.165) is 10.9 Å². The van der Waals surface area contributed by atoms with Gasteiger partial charge in [-0.2, -0.15) is 0 Å². The number of carbonyl (C=O) groups is 9. The monoisotopic (exact) mass is 1010 g/mol. The second kappa shape index (κ2) is 27.9.